The molecule has 0 aliphatic carbocycles. The third-order valence-corrected chi connectivity index (χ3v) is 2.38. The molecule has 19 heavy (non-hydrogen) atoms. The molecule has 1 aromatic carbocycles. The Labute approximate surface area is 112 Å². The molecule has 0 saturated carbocycles. The van der Waals surface area contributed by atoms with Crippen molar-refractivity contribution in [2.75, 3.05) is 33.8 Å². The molecule has 0 bridgehead atoms. The molecular weight excluding hydrogens is 248 g/mol. The van der Waals surface area contributed by atoms with E-state index in [-0.39, 0.29) is 0 Å². The van der Waals surface area contributed by atoms with Crippen molar-refractivity contribution in [1.82, 2.24) is 5.32 Å². The van der Waals surface area contributed by atoms with Crippen LogP contribution in [0, 0.1) is 0 Å². The standard InChI is InChI=1S/C13H18N2O4/c1-15(2)7-8-19-11-6-4-3-5-10(11)13(18)14-9-12(16)17/h3-6H,7-9H2,1-2H3,(H,14,18)(H,16,17). The molecule has 0 atom stereocenters. The van der Waals surface area contributed by atoms with Crippen LogP contribution in [0.15, 0.2) is 24.3 Å². The molecular formula is C13H18N2O4. The molecule has 0 aromatic heterocycles. The fourth-order valence-electron chi connectivity index (χ4n) is 1.39. The molecule has 0 aliphatic heterocycles. The van der Waals surface area contributed by atoms with Gasteiger partial charge in [-0.25, -0.2) is 0 Å². The van der Waals surface area contributed by atoms with Crippen molar-refractivity contribution in [2.24, 2.45) is 0 Å². The number of likely N-dealkylation sites (N-methyl/N-ethyl adjacent to an activating group) is 1. The number of carboxylic acid groups (broad SMARTS) is 1. The first kappa shape index (κ1) is 15.0. The number of rotatable bonds is 7. The van der Waals surface area contributed by atoms with Gasteiger partial charge in [-0.1, -0.05) is 12.1 Å². The van der Waals surface area contributed by atoms with E-state index in [0.29, 0.717) is 17.9 Å². The highest BCUT2D eigenvalue weighted by Gasteiger charge is 2.11. The lowest BCUT2D eigenvalue weighted by Gasteiger charge is -2.13. The van der Waals surface area contributed by atoms with Crippen LogP contribution in [0.2, 0.25) is 0 Å². The minimum Gasteiger partial charge on any atom is -0.548 e. The lowest BCUT2D eigenvalue weighted by Crippen LogP contribution is -3.06. The van der Waals surface area contributed by atoms with E-state index < -0.39 is 18.4 Å². The summed E-state index contributed by atoms with van der Waals surface area (Å²) in [5.74, 6) is -1.38. The number of aliphatic carboxylic acids is 1. The summed E-state index contributed by atoms with van der Waals surface area (Å²) in [6.45, 7) is 0.761. The molecule has 1 rings (SSSR count). The van der Waals surface area contributed by atoms with Crippen LogP contribution in [0.1, 0.15) is 10.4 Å². The molecule has 0 radical (unpaired) electrons. The summed E-state index contributed by atoms with van der Waals surface area (Å²) in [5, 5.41) is 12.6. The molecule has 6 heteroatoms. The van der Waals surface area contributed by atoms with E-state index in [1.54, 1.807) is 24.3 Å². The van der Waals surface area contributed by atoms with Gasteiger partial charge in [-0.2, -0.15) is 0 Å². The number of amides is 1. The molecule has 0 fully saturated rings. The minimum atomic E-state index is -1.33. The quantitative estimate of drug-likeness (QED) is 0.581. The van der Waals surface area contributed by atoms with E-state index >= 15 is 0 Å². The summed E-state index contributed by atoms with van der Waals surface area (Å²) in [5.41, 5.74) is 0.317. The van der Waals surface area contributed by atoms with Gasteiger partial charge in [0, 0.05) is 0 Å². The lowest BCUT2D eigenvalue weighted by atomic mass is 10.2. The first-order valence-corrected chi connectivity index (χ1v) is 5.99. The summed E-state index contributed by atoms with van der Waals surface area (Å²) < 4.78 is 5.53. The van der Waals surface area contributed by atoms with Gasteiger partial charge in [0.2, 0.25) is 0 Å². The van der Waals surface area contributed by atoms with Crippen LogP contribution in [0.25, 0.3) is 0 Å². The molecule has 2 N–H and O–H groups in total. The topological polar surface area (TPSA) is 82.9 Å². The molecule has 0 heterocycles. The number of ether oxygens (including phenoxy) is 1. The van der Waals surface area contributed by atoms with Crippen molar-refractivity contribution >= 4 is 11.9 Å². The Morgan fingerprint density at radius 3 is 2.63 bits per heavy atom. The summed E-state index contributed by atoms with van der Waals surface area (Å²) >= 11 is 0. The number of nitrogens with one attached hydrogen (secondary N) is 2. The first-order chi connectivity index (χ1) is 9.00. The normalized spacial score (nSPS) is 10.3. The summed E-state index contributed by atoms with van der Waals surface area (Å²) in [7, 11) is 4.00. The maximum atomic E-state index is 11.8. The smallest absolute Gasteiger partial charge is 0.255 e. The van der Waals surface area contributed by atoms with Crippen molar-refractivity contribution in [3.05, 3.63) is 29.8 Å². The zero-order chi connectivity index (χ0) is 14.3. The largest absolute Gasteiger partial charge is 0.548 e. The van der Waals surface area contributed by atoms with Gasteiger partial charge in [0.1, 0.15) is 18.9 Å². The third-order valence-electron chi connectivity index (χ3n) is 2.38. The monoisotopic (exact) mass is 266 g/mol. The average Bonchev–Trinajstić information content (AvgIpc) is 2.36. The second kappa shape index (κ2) is 7.38. The number of carbonyl (C=O) groups is 2. The Hall–Kier alpha value is -2.08. The van der Waals surface area contributed by atoms with E-state index in [9.17, 15) is 14.7 Å². The van der Waals surface area contributed by atoms with E-state index in [1.807, 2.05) is 14.1 Å². The van der Waals surface area contributed by atoms with Crippen LogP contribution in [-0.4, -0.2) is 45.7 Å². The SMILES string of the molecule is C[NH+](C)CCOc1ccccc1C(=O)NCC(=O)[O-]. The van der Waals surface area contributed by atoms with Gasteiger partial charge in [0.25, 0.3) is 5.91 Å². The molecule has 1 amide bonds. The van der Waals surface area contributed by atoms with Crippen LogP contribution < -0.4 is 20.1 Å². The predicted molar refractivity (Wildman–Crippen MR) is 67.0 cm³/mol. The zero-order valence-corrected chi connectivity index (χ0v) is 11.1. The summed E-state index contributed by atoms with van der Waals surface area (Å²) in [6.07, 6.45) is 0. The Balaban J connectivity index is 2.66. The van der Waals surface area contributed by atoms with Gasteiger partial charge in [-0.15, -0.1) is 0 Å². The molecule has 1 aromatic rings. The number of benzene rings is 1. The minimum absolute atomic E-state index is 0.317. The number of carbonyl (C=O) groups excluding carboxylic acids is 2. The van der Waals surface area contributed by atoms with Gasteiger partial charge in [-0.05, 0) is 12.1 Å². The van der Waals surface area contributed by atoms with Gasteiger partial charge >= 0.3 is 0 Å². The van der Waals surface area contributed by atoms with E-state index in [2.05, 4.69) is 5.32 Å². The van der Waals surface area contributed by atoms with E-state index in [0.717, 1.165) is 6.54 Å². The molecule has 104 valence electrons. The van der Waals surface area contributed by atoms with Gasteiger partial charge < -0.3 is 24.9 Å². The van der Waals surface area contributed by atoms with Gasteiger partial charge in [0.05, 0.1) is 32.2 Å². The molecule has 0 spiro atoms. The maximum Gasteiger partial charge on any atom is 0.255 e. The number of hydrogen-bond donors (Lipinski definition) is 2. The number of carboxylic acids is 1. The fraction of sp³-hybridized carbons (Fsp3) is 0.385. The Bertz CT molecular complexity index is 446. The van der Waals surface area contributed by atoms with Crippen molar-refractivity contribution in [2.45, 2.75) is 0 Å². The average molecular weight is 266 g/mol. The lowest BCUT2D eigenvalue weighted by molar-refractivity contribution is -0.858. The van der Waals surface area contributed by atoms with Crippen molar-refractivity contribution < 1.29 is 24.3 Å². The zero-order valence-electron chi connectivity index (χ0n) is 11.1. The summed E-state index contributed by atoms with van der Waals surface area (Å²) in [4.78, 5) is 23.3. The third kappa shape index (κ3) is 5.39. The van der Waals surface area contributed by atoms with Crippen molar-refractivity contribution in [1.29, 1.82) is 0 Å². The van der Waals surface area contributed by atoms with Crippen LogP contribution in [0.5, 0.6) is 5.75 Å². The maximum absolute atomic E-state index is 11.8. The van der Waals surface area contributed by atoms with E-state index in [4.69, 9.17) is 4.74 Å². The summed E-state index contributed by atoms with van der Waals surface area (Å²) in [6, 6.07) is 6.72. The molecule has 6 nitrogen and oxygen atoms in total. The second-order valence-electron chi connectivity index (χ2n) is 4.36. The number of quaternary nitrogens is 1. The van der Waals surface area contributed by atoms with Crippen LogP contribution in [0.3, 0.4) is 0 Å². The van der Waals surface area contributed by atoms with Gasteiger partial charge in [-0.3, -0.25) is 4.79 Å². The van der Waals surface area contributed by atoms with E-state index in [1.165, 1.54) is 4.90 Å². The van der Waals surface area contributed by atoms with Crippen LogP contribution in [-0.2, 0) is 4.79 Å². The first-order valence-electron chi connectivity index (χ1n) is 5.99. The molecule has 0 saturated heterocycles. The predicted octanol–water partition coefficient (Wildman–Crippen LogP) is -2.31. The Morgan fingerprint density at radius 2 is 2.00 bits per heavy atom. The van der Waals surface area contributed by atoms with Crippen LogP contribution in [0.4, 0.5) is 0 Å². The Kier molecular flexibility index (Phi) is 5.81. The van der Waals surface area contributed by atoms with Gasteiger partial charge in [0.15, 0.2) is 0 Å². The highest BCUT2D eigenvalue weighted by molar-refractivity contribution is 5.98. The molecule has 0 unspecified atom stereocenters. The number of hydrogen-bond acceptors (Lipinski definition) is 4. The van der Waals surface area contributed by atoms with Crippen molar-refractivity contribution in [3.8, 4) is 5.75 Å². The molecule has 0 aliphatic rings. The second-order valence-corrected chi connectivity index (χ2v) is 4.36. The highest BCUT2D eigenvalue weighted by Crippen LogP contribution is 2.17. The highest BCUT2D eigenvalue weighted by atomic mass is 16.5. The van der Waals surface area contributed by atoms with Crippen LogP contribution >= 0.6 is 0 Å². The van der Waals surface area contributed by atoms with Crippen molar-refractivity contribution in [3.63, 3.8) is 0 Å². The number of para-hydroxylation sites is 1. The fourth-order valence-corrected chi connectivity index (χ4v) is 1.39. The Morgan fingerprint density at radius 1 is 1.32 bits per heavy atom.